The number of aromatic nitrogens is 1. The number of carbonyl (C=O) groups excluding carboxylic acids is 2. The normalized spacial score (nSPS) is 16.5. The zero-order chi connectivity index (χ0) is 21.7. The van der Waals surface area contributed by atoms with Crippen molar-refractivity contribution in [3.63, 3.8) is 0 Å². The number of nitrogens with zero attached hydrogens (tertiary/aromatic N) is 2. The van der Waals surface area contributed by atoms with Crippen molar-refractivity contribution < 1.29 is 19.1 Å². The number of amides is 1. The summed E-state index contributed by atoms with van der Waals surface area (Å²) in [6.45, 7) is 3.78. The minimum atomic E-state index is -0.806. The number of thiazole rings is 1. The van der Waals surface area contributed by atoms with Crippen LogP contribution in [-0.2, 0) is 4.79 Å². The fourth-order valence-corrected chi connectivity index (χ4v) is 4.71. The highest BCUT2D eigenvalue weighted by Crippen LogP contribution is 2.43. The SMILES string of the molecule is Cc1nc(N2C(=O)C(O)=C(C(=O)c3cc4ccccc4o3)C2c2ccccc2)sc1C. The van der Waals surface area contributed by atoms with Crippen molar-refractivity contribution in [2.45, 2.75) is 19.9 Å². The molecule has 0 radical (unpaired) electrons. The Morgan fingerprint density at radius 1 is 1.10 bits per heavy atom. The van der Waals surface area contributed by atoms with E-state index in [1.165, 1.54) is 16.2 Å². The molecule has 4 aromatic rings. The lowest BCUT2D eigenvalue weighted by molar-refractivity contribution is -0.117. The maximum absolute atomic E-state index is 13.5. The molecule has 1 aliphatic heterocycles. The Morgan fingerprint density at radius 2 is 1.81 bits per heavy atom. The Kier molecular flexibility index (Phi) is 4.48. The van der Waals surface area contributed by atoms with E-state index in [-0.39, 0.29) is 11.3 Å². The highest BCUT2D eigenvalue weighted by Gasteiger charge is 2.46. The molecule has 3 heterocycles. The second-order valence-corrected chi connectivity index (χ2v) is 8.55. The Morgan fingerprint density at radius 3 is 2.48 bits per heavy atom. The molecule has 2 aromatic carbocycles. The van der Waals surface area contributed by atoms with E-state index in [1.54, 1.807) is 12.1 Å². The van der Waals surface area contributed by atoms with E-state index in [1.807, 2.05) is 62.4 Å². The number of ketones is 1. The molecule has 2 aromatic heterocycles. The summed E-state index contributed by atoms with van der Waals surface area (Å²) in [5.74, 6) is -1.68. The van der Waals surface area contributed by atoms with Crippen LogP contribution in [0.2, 0.25) is 0 Å². The number of Topliss-reactive ketones (excluding diaryl/α,β-unsaturated/α-hetero) is 1. The van der Waals surface area contributed by atoms with Crippen molar-refractivity contribution >= 4 is 39.1 Å². The minimum absolute atomic E-state index is 0.0132. The number of fused-ring (bicyclic) bond motifs is 1. The lowest BCUT2D eigenvalue weighted by Crippen LogP contribution is -2.31. The van der Waals surface area contributed by atoms with Crippen LogP contribution >= 0.6 is 11.3 Å². The first-order valence-corrected chi connectivity index (χ1v) is 10.6. The van der Waals surface area contributed by atoms with Crippen molar-refractivity contribution in [2.75, 3.05) is 4.90 Å². The van der Waals surface area contributed by atoms with Crippen LogP contribution < -0.4 is 4.90 Å². The summed E-state index contributed by atoms with van der Waals surface area (Å²) in [4.78, 5) is 33.5. The number of aliphatic hydroxyl groups excluding tert-OH is 1. The van der Waals surface area contributed by atoms with Crippen molar-refractivity contribution in [3.8, 4) is 0 Å². The molecule has 0 saturated heterocycles. The van der Waals surface area contributed by atoms with E-state index in [4.69, 9.17) is 4.42 Å². The topological polar surface area (TPSA) is 83.6 Å². The van der Waals surface area contributed by atoms with Gasteiger partial charge in [0, 0.05) is 10.3 Å². The van der Waals surface area contributed by atoms with Gasteiger partial charge in [-0.1, -0.05) is 48.5 Å². The third-order valence-electron chi connectivity index (χ3n) is 5.44. The van der Waals surface area contributed by atoms with E-state index in [9.17, 15) is 14.7 Å². The standard InChI is InChI=1S/C24H18N2O4S/c1-13-14(2)31-24(25-13)26-20(15-8-4-3-5-9-15)19(22(28)23(26)29)21(27)18-12-16-10-6-7-11-17(16)30-18/h3-12,20,28H,1-2H3. The number of hydrogen-bond acceptors (Lipinski definition) is 6. The van der Waals surface area contributed by atoms with E-state index >= 15 is 0 Å². The fraction of sp³-hybridized carbons (Fsp3) is 0.125. The molecule has 5 rings (SSSR count). The number of carbonyl (C=O) groups is 2. The Bertz CT molecular complexity index is 1310. The van der Waals surface area contributed by atoms with Crippen LogP contribution in [0.5, 0.6) is 0 Å². The molecule has 1 atom stereocenters. The van der Waals surface area contributed by atoms with Crippen LogP contribution in [-0.4, -0.2) is 21.8 Å². The van der Waals surface area contributed by atoms with Gasteiger partial charge in [0.05, 0.1) is 17.3 Å². The molecule has 1 amide bonds. The zero-order valence-electron chi connectivity index (χ0n) is 16.8. The average Bonchev–Trinajstić information content (AvgIpc) is 3.43. The zero-order valence-corrected chi connectivity index (χ0v) is 17.6. The van der Waals surface area contributed by atoms with Crippen molar-refractivity contribution in [1.82, 2.24) is 4.98 Å². The predicted octanol–water partition coefficient (Wildman–Crippen LogP) is 5.29. The summed E-state index contributed by atoms with van der Waals surface area (Å²) in [7, 11) is 0. The first-order valence-electron chi connectivity index (χ1n) is 9.74. The summed E-state index contributed by atoms with van der Waals surface area (Å²) in [6, 6.07) is 17.3. The molecule has 1 aliphatic rings. The van der Waals surface area contributed by atoms with Crippen molar-refractivity contribution in [1.29, 1.82) is 0 Å². The quantitative estimate of drug-likeness (QED) is 0.445. The summed E-state index contributed by atoms with van der Waals surface area (Å²) >= 11 is 1.35. The smallest absolute Gasteiger partial charge is 0.296 e. The molecule has 0 fully saturated rings. The maximum atomic E-state index is 13.5. The maximum Gasteiger partial charge on any atom is 0.296 e. The van der Waals surface area contributed by atoms with Gasteiger partial charge in [-0.05, 0) is 31.5 Å². The number of rotatable bonds is 4. The third kappa shape index (κ3) is 3.05. The lowest BCUT2D eigenvalue weighted by Gasteiger charge is -2.24. The third-order valence-corrected chi connectivity index (χ3v) is 6.51. The van der Waals surface area contributed by atoms with E-state index in [0.29, 0.717) is 16.3 Å². The first-order chi connectivity index (χ1) is 15.0. The molecule has 1 N–H and O–H groups in total. The molecule has 1 unspecified atom stereocenters. The Labute approximate surface area is 182 Å². The molecule has 0 saturated carbocycles. The van der Waals surface area contributed by atoms with Gasteiger partial charge in [0.1, 0.15) is 5.58 Å². The predicted molar refractivity (Wildman–Crippen MR) is 118 cm³/mol. The number of benzene rings is 2. The summed E-state index contributed by atoms with van der Waals surface area (Å²) in [5, 5.41) is 12.0. The summed E-state index contributed by atoms with van der Waals surface area (Å²) in [6.07, 6.45) is 0. The largest absolute Gasteiger partial charge is 0.503 e. The number of anilines is 1. The monoisotopic (exact) mass is 430 g/mol. The second-order valence-electron chi connectivity index (χ2n) is 7.37. The summed E-state index contributed by atoms with van der Waals surface area (Å²) < 4.78 is 5.74. The van der Waals surface area contributed by atoms with Gasteiger partial charge in [0.15, 0.2) is 16.7 Å². The number of hydrogen-bond donors (Lipinski definition) is 1. The molecule has 7 heteroatoms. The number of para-hydroxylation sites is 1. The van der Waals surface area contributed by atoms with Crippen LogP contribution in [0.1, 0.15) is 32.7 Å². The van der Waals surface area contributed by atoms with Gasteiger partial charge in [-0.15, -0.1) is 11.3 Å². The van der Waals surface area contributed by atoms with E-state index < -0.39 is 23.5 Å². The molecule has 154 valence electrons. The number of furan rings is 1. The Hall–Kier alpha value is -3.71. The van der Waals surface area contributed by atoms with Crippen LogP contribution in [0.25, 0.3) is 11.0 Å². The first kappa shape index (κ1) is 19.3. The van der Waals surface area contributed by atoms with Gasteiger partial charge in [-0.25, -0.2) is 4.98 Å². The van der Waals surface area contributed by atoms with Gasteiger partial charge in [-0.2, -0.15) is 0 Å². The van der Waals surface area contributed by atoms with Gasteiger partial charge in [0.25, 0.3) is 5.91 Å². The van der Waals surface area contributed by atoms with Crippen LogP contribution in [0, 0.1) is 13.8 Å². The van der Waals surface area contributed by atoms with Crippen LogP contribution in [0.15, 0.2) is 76.4 Å². The second kappa shape index (κ2) is 7.21. The summed E-state index contributed by atoms with van der Waals surface area (Å²) in [5.41, 5.74) is 2.05. The Balaban J connectivity index is 1.66. The molecule has 0 bridgehead atoms. The van der Waals surface area contributed by atoms with Crippen molar-refractivity contribution in [3.05, 3.63) is 93.9 Å². The average molecular weight is 430 g/mol. The van der Waals surface area contributed by atoms with E-state index in [0.717, 1.165) is 16.0 Å². The molecule has 0 aliphatic carbocycles. The number of aryl methyl sites for hydroxylation is 2. The van der Waals surface area contributed by atoms with E-state index in [2.05, 4.69) is 4.98 Å². The van der Waals surface area contributed by atoms with Crippen LogP contribution in [0.3, 0.4) is 0 Å². The van der Waals surface area contributed by atoms with Gasteiger partial charge >= 0.3 is 0 Å². The van der Waals surface area contributed by atoms with Gasteiger partial charge in [0.2, 0.25) is 5.78 Å². The van der Waals surface area contributed by atoms with Crippen molar-refractivity contribution in [2.24, 2.45) is 0 Å². The highest BCUT2D eigenvalue weighted by molar-refractivity contribution is 7.15. The molecular formula is C24H18N2O4S. The molecule has 6 nitrogen and oxygen atoms in total. The molecule has 31 heavy (non-hydrogen) atoms. The fourth-order valence-electron chi connectivity index (χ4n) is 3.77. The lowest BCUT2D eigenvalue weighted by atomic mass is 9.95. The minimum Gasteiger partial charge on any atom is -0.503 e. The highest BCUT2D eigenvalue weighted by atomic mass is 32.1. The molecular weight excluding hydrogens is 412 g/mol. The number of aliphatic hydroxyl groups is 1. The molecule has 0 spiro atoms. The van der Waals surface area contributed by atoms with Crippen LogP contribution in [0.4, 0.5) is 5.13 Å². The van der Waals surface area contributed by atoms with Gasteiger partial charge < -0.3 is 9.52 Å². The van der Waals surface area contributed by atoms with Gasteiger partial charge in [-0.3, -0.25) is 14.5 Å².